The average Bonchev–Trinajstić information content (AvgIpc) is 2.90. The van der Waals surface area contributed by atoms with Crippen LogP contribution in [0.25, 0.3) is 0 Å². The topological polar surface area (TPSA) is 84.7 Å². The Morgan fingerprint density at radius 3 is 2.73 bits per heavy atom. The van der Waals surface area contributed by atoms with Crippen LogP contribution in [0.15, 0.2) is 6.20 Å². The molecule has 0 saturated carbocycles. The third-order valence-electron chi connectivity index (χ3n) is 3.27. The first-order valence-corrected chi connectivity index (χ1v) is 6.52. The molecule has 7 nitrogen and oxygen atoms in total. The molecule has 1 aromatic rings. The second-order valence-corrected chi connectivity index (χ2v) is 4.67. The molecule has 1 atom stereocenters. The Balaban J connectivity index is 2.30. The van der Waals surface area contributed by atoms with E-state index < -0.39 is 35.4 Å². The number of hydrogen-bond donors (Lipinski definition) is 1. The second-order valence-electron chi connectivity index (χ2n) is 4.67. The maximum atomic E-state index is 13.1. The predicted molar refractivity (Wildman–Crippen MR) is 66.2 cm³/mol. The third-order valence-corrected chi connectivity index (χ3v) is 3.27. The van der Waals surface area contributed by atoms with Gasteiger partial charge in [0.15, 0.2) is 11.8 Å². The van der Waals surface area contributed by atoms with E-state index in [0.29, 0.717) is 4.68 Å². The number of aryl methyl sites for hydroxylation is 1. The molecule has 0 radical (unpaired) electrons. The first kappa shape index (κ1) is 16.3. The van der Waals surface area contributed by atoms with Crippen molar-refractivity contribution in [3.8, 4) is 0 Å². The summed E-state index contributed by atoms with van der Waals surface area (Å²) in [4.78, 5) is 24.2. The van der Waals surface area contributed by atoms with Crippen molar-refractivity contribution in [3.63, 3.8) is 0 Å². The van der Waals surface area contributed by atoms with E-state index in [1.807, 2.05) is 0 Å². The van der Waals surface area contributed by atoms with Gasteiger partial charge in [-0.25, -0.2) is 4.79 Å². The molecule has 22 heavy (non-hydrogen) atoms. The molecule has 0 aliphatic carbocycles. The van der Waals surface area contributed by atoms with Crippen LogP contribution in [0.3, 0.4) is 0 Å². The van der Waals surface area contributed by atoms with Gasteiger partial charge in [-0.15, -0.1) is 0 Å². The highest BCUT2D eigenvalue weighted by Gasteiger charge is 2.41. The molecule has 10 heteroatoms. The van der Waals surface area contributed by atoms with Gasteiger partial charge < -0.3 is 14.7 Å². The van der Waals surface area contributed by atoms with Gasteiger partial charge in [0.05, 0.1) is 24.9 Å². The van der Waals surface area contributed by atoms with Crippen LogP contribution in [0.4, 0.5) is 13.2 Å². The summed E-state index contributed by atoms with van der Waals surface area (Å²) in [5.74, 6) is -2.17. The number of amides is 1. The van der Waals surface area contributed by atoms with Gasteiger partial charge in [0.1, 0.15) is 0 Å². The largest absolute Gasteiger partial charge is 0.479 e. The van der Waals surface area contributed by atoms with Gasteiger partial charge in [0, 0.05) is 13.1 Å². The summed E-state index contributed by atoms with van der Waals surface area (Å²) < 4.78 is 45.0. The highest BCUT2D eigenvalue weighted by molar-refractivity contribution is 5.95. The molecule has 1 saturated heterocycles. The van der Waals surface area contributed by atoms with Crippen molar-refractivity contribution in [3.05, 3.63) is 17.5 Å². The minimum atomic E-state index is -4.73. The highest BCUT2D eigenvalue weighted by Crippen LogP contribution is 2.32. The van der Waals surface area contributed by atoms with Crippen LogP contribution in [0.2, 0.25) is 0 Å². The predicted octanol–water partition coefficient (Wildman–Crippen LogP) is 0.847. The number of alkyl halides is 3. The molecule has 1 aliphatic heterocycles. The summed E-state index contributed by atoms with van der Waals surface area (Å²) in [5.41, 5.74) is -1.71. The Morgan fingerprint density at radius 1 is 1.50 bits per heavy atom. The van der Waals surface area contributed by atoms with Gasteiger partial charge in [0.2, 0.25) is 0 Å². The zero-order chi connectivity index (χ0) is 16.5. The summed E-state index contributed by atoms with van der Waals surface area (Å²) in [6.07, 6.45) is -5.11. The second kappa shape index (κ2) is 5.95. The number of nitrogens with zero attached hydrogens (tertiary/aromatic N) is 3. The van der Waals surface area contributed by atoms with Crippen LogP contribution in [0, 0.1) is 0 Å². The number of carboxylic acids is 1. The highest BCUT2D eigenvalue weighted by atomic mass is 19.4. The van der Waals surface area contributed by atoms with E-state index in [9.17, 15) is 22.8 Å². The quantitative estimate of drug-likeness (QED) is 0.892. The van der Waals surface area contributed by atoms with E-state index in [2.05, 4.69) is 5.10 Å². The molecule has 1 aliphatic rings. The maximum absolute atomic E-state index is 13.1. The van der Waals surface area contributed by atoms with E-state index in [0.717, 1.165) is 11.1 Å². The van der Waals surface area contributed by atoms with Gasteiger partial charge >= 0.3 is 12.1 Å². The summed E-state index contributed by atoms with van der Waals surface area (Å²) in [6.45, 7) is 1.11. The summed E-state index contributed by atoms with van der Waals surface area (Å²) in [6, 6.07) is 0. The zero-order valence-electron chi connectivity index (χ0n) is 11.6. The van der Waals surface area contributed by atoms with Gasteiger partial charge in [0.25, 0.3) is 5.91 Å². The number of aromatic nitrogens is 2. The van der Waals surface area contributed by atoms with Crippen molar-refractivity contribution < 1.29 is 32.6 Å². The van der Waals surface area contributed by atoms with Crippen molar-refractivity contribution in [2.45, 2.75) is 25.7 Å². The van der Waals surface area contributed by atoms with E-state index in [1.54, 1.807) is 0 Å². The van der Waals surface area contributed by atoms with E-state index >= 15 is 0 Å². The molecule has 0 aromatic carbocycles. The summed E-state index contributed by atoms with van der Waals surface area (Å²) in [7, 11) is 0. The Morgan fingerprint density at radius 2 is 2.18 bits per heavy atom. The first-order valence-electron chi connectivity index (χ1n) is 6.52. The van der Waals surface area contributed by atoms with Gasteiger partial charge in [-0.3, -0.25) is 9.48 Å². The Bertz CT molecular complexity index is 585. The fraction of sp³-hybridized carbons (Fsp3) is 0.583. The molecular formula is C12H14F3N3O4. The average molecular weight is 321 g/mol. The minimum absolute atomic E-state index is 0.0250. The number of carboxylic acid groups (broad SMARTS) is 1. The standard InChI is InChI=1S/C12H14F3N3O4/c1-2-18-9(12(13,14)15)7(5-16-18)10(19)17-3-4-22-8(6-17)11(20)21/h5,8H,2-4,6H2,1H3,(H,20,21). The van der Waals surface area contributed by atoms with Crippen molar-refractivity contribution in [1.29, 1.82) is 0 Å². The van der Waals surface area contributed by atoms with Crippen LogP contribution in [0.5, 0.6) is 0 Å². The van der Waals surface area contributed by atoms with Crippen LogP contribution < -0.4 is 0 Å². The molecular weight excluding hydrogens is 307 g/mol. The number of hydrogen-bond acceptors (Lipinski definition) is 4. The van der Waals surface area contributed by atoms with Gasteiger partial charge in [-0.2, -0.15) is 18.3 Å². The summed E-state index contributed by atoms with van der Waals surface area (Å²) >= 11 is 0. The molecule has 122 valence electrons. The van der Waals surface area contributed by atoms with E-state index in [1.165, 1.54) is 6.92 Å². The van der Waals surface area contributed by atoms with E-state index in [-0.39, 0.29) is 26.2 Å². The molecule has 1 aromatic heterocycles. The molecule has 1 unspecified atom stereocenters. The zero-order valence-corrected chi connectivity index (χ0v) is 11.6. The van der Waals surface area contributed by atoms with Gasteiger partial charge in [-0.05, 0) is 6.92 Å². The van der Waals surface area contributed by atoms with Gasteiger partial charge in [-0.1, -0.05) is 0 Å². The molecule has 1 fully saturated rings. The number of aliphatic carboxylic acids is 1. The molecule has 1 N–H and O–H groups in total. The Kier molecular flexibility index (Phi) is 4.40. The molecule has 2 rings (SSSR count). The fourth-order valence-electron chi connectivity index (χ4n) is 2.23. The van der Waals surface area contributed by atoms with Crippen LogP contribution in [-0.4, -0.2) is 57.5 Å². The lowest BCUT2D eigenvalue weighted by atomic mass is 10.1. The number of ether oxygens (including phenoxy) is 1. The van der Waals surface area contributed by atoms with Crippen molar-refractivity contribution in [1.82, 2.24) is 14.7 Å². The minimum Gasteiger partial charge on any atom is -0.479 e. The molecule has 0 spiro atoms. The number of morpholine rings is 1. The molecule has 0 bridgehead atoms. The SMILES string of the molecule is CCn1ncc(C(=O)N2CCOC(C(=O)O)C2)c1C(F)(F)F. The molecule has 1 amide bonds. The number of carbonyl (C=O) groups excluding carboxylic acids is 1. The normalized spacial score (nSPS) is 19.3. The Hall–Kier alpha value is -2.10. The lowest BCUT2D eigenvalue weighted by molar-refractivity contribution is -0.155. The lowest BCUT2D eigenvalue weighted by Crippen LogP contribution is -2.48. The number of halogens is 3. The van der Waals surface area contributed by atoms with Crippen molar-refractivity contribution in [2.75, 3.05) is 19.7 Å². The number of carbonyl (C=O) groups is 2. The van der Waals surface area contributed by atoms with E-state index in [4.69, 9.17) is 9.84 Å². The van der Waals surface area contributed by atoms with Crippen LogP contribution in [0.1, 0.15) is 23.0 Å². The monoisotopic (exact) mass is 321 g/mol. The van der Waals surface area contributed by atoms with Crippen LogP contribution in [-0.2, 0) is 22.3 Å². The first-order chi connectivity index (χ1) is 10.3. The number of rotatable bonds is 3. The molecule has 2 heterocycles. The fourth-order valence-corrected chi connectivity index (χ4v) is 2.23. The maximum Gasteiger partial charge on any atom is 0.433 e. The Labute approximate surface area is 123 Å². The van der Waals surface area contributed by atoms with Crippen molar-refractivity contribution in [2.24, 2.45) is 0 Å². The van der Waals surface area contributed by atoms with Crippen molar-refractivity contribution >= 4 is 11.9 Å². The smallest absolute Gasteiger partial charge is 0.433 e. The third kappa shape index (κ3) is 3.06. The summed E-state index contributed by atoms with van der Waals surface area (Å²) in [5, 5.41) is 12.4. The van der Waals surface area contributed by atoms with Crippen LogP contribution >= 0.6 is 0 Å². The lowest BCUT2D eigenvalue weighted by Gasteiger charge is -2.30.